The van der Waals surface area contributed by atoms with Gasteiger partial charge in [-0.3, -0.25) is 9.80 Å². The number of rotatable bonds is 5. The van der Waals surface area contributed by atoms with Gasteiger partial charge in [-0.15, -0.1) is 11.3 Å². The summed E-state index contributed by atoms with van der Waals surface area (Å²) in [6, 6.07) is 9.22. The maximum absolute atomic E-state index is 4.48. The molecule has 0 N–H and O–H groups in total. The minimum atomic E-state index is 0.513. The first-order valence-corrected chi connectivity index (χ1v) is 10.5. The average Bonchev–Trinajstić information content (AvgIpc) is 3.26. The number of likely N-dealkylation sites (tertiary alicyclic amines) is 2. The van der Waals surface area contributed by atoms with Gasteiger partial charge in [0.05, 0.1) is 6.54 Å². The van der Waals surface area contributed by atoms with E-state index in [0.717, 1.165) is 19.5 Å². The summed E-state index contributed by atoms with van der Waals surface area (Å²) in [5.41, 5.74) is 3.41. The maximum Gasteiger partial charge on any atom is 0.107 e. The Morgan fingerprint density at radius 1 is 1.00 bits per heavy atom. The van der Waals surface area contributed by atoms with E-state index in [-0.39, 0.29) is 0 Å². The highest BCUT2D eigenvalue weighted by Crippen LogP contribution is 2.39. The first-order valence-electron chi connectivity index (χ1n) is 9.66. The Kier molecular flexibility index (Phi) is 5.20. The summed E-state index contributed by atoms with van der Waals surface area (Å²) in [5.74, 6) is 0. The molecule has 3 heterocycles. The first-order chi connectivity index (χ1) is 12.2. The van der Waals surface area contributed by atoms with Crippen molar-refractivity contribution in [2.75, 3.05) is 26.2 Å². The van der Waals surface area contributed by atoms with E-state index >= 15 is 0 Å². The van der Waals surface area contributed by atoms with E-state index in [2.05, 4.69) is 51.4 Å². The Morgan fingerprint density at radius 3 is 2.48 bits per heavy atom. The predicted molar refractivity (Wildman–Crippen MR) is 105 cm³/mol. The van der Waals surface area contributed by atoms with Gasteiger partial charge in [0, 0.05) is 31.2 Å². The Hall–Kier alpha value is -1.23. The number of hydrogen-bond acceptors (Lipinski definition) is 4. The zero-order valence-corrected chi connectivity index (χ0v) is 16.1. The Balaban J connectivity index is 1.35. The maximum atomic E-state index is 4.48. The second-order valence-corrected chi connectivity index (χ2v) is 8.85. The fraction of sp³-hybridized carbons (Fsp3) is 0.571. The minimum Gasteiger partial charge on any atom is -0.298 e. The molecule has 1 spiro atoms. The molecule has 0 saturated carbocycles. The third-order valence-corrected chi connectivity index (χ3v) is 6.70. The molecular weight excluding hydrogens is 326 g/mol. The van der Waals surface area contributed by atoms with Gasteiger partial charge in [-0.1, -0.05) is 31.2 Å². The van der Waals surface area contributed by atoms with Gasteiger partial charge in [-0.25, -0.2) is 4.98 Å². The van der Waals surface area contributed by atoms with Crippen LogP contribution in [0.25, 0.3) is 0 Å². The van der Waals surface area contributed by atoms with Crippen molar-refractivity contribution in [2.24, 2.45) is 5.41 Å². The van der Waals surface area contributed by atoms with Gasteiger partial charge in [0.2, 0.25) is 0 Å². The van der Waals surface area contributed by atoms with Gasteiger partial charge in [-0.05, 0) is 55.3 Å². The summed E-state index contributed by atoms with van der Waals surface area (Å²) < 4.78 is 0. The molecule has 4 heteroatoms. The van der Waals surface area contributed by atoms with Crippen LogP contribution in [0.15, 0.2) is 35.8 Å². The molecule has 0 bridgehead atoms. The summed E-state index contributed by atoms with van der Waals surface area (Å²) in [5, 5.41) is 3.36. The van der Waals surface area contributed by atoms with Crippen molar-refractivity contribution >= 4 is 11.3 Å². The van der Waals surface area contributed by atoms with E-state index < -0.39 is 0 Å². The summed E-state index contributed by atoms with van der Waals surface area (Å²) in [7, 11) is 0. The lowest BCUT2D eigenvalue weighted by atomic mass is 9.79. The van der Waals surface area contributed by atoms with Gasteiger partial charge < -0.3 is 0 Å². The summed E-state index contributed by atoms with van der Waals surface area (Å²) in [6.07, 6.45) is 7.15. The van der Waals surface area contributed by atoms with Crippen LogP contribution >= 0.6 is 11.3 Å². The Bertz CT molecular complexity index is 667. The van der Waals surface area contributed by atoms with Crippen molar-refractivity contribution in [3.63, 3.8) is 0 Å². The third kappa shape index (κ3) is 4.13. The van der Waals surface area contributed by atoms with Crippen molar-refractivity contribution < 1.29 is 0 Å². The summed E-state index contributed by atoms with van der Waals surface area (Å²) in [6.45, 7) is 9.37. The quantitative estimate of drug-likeness (QED) is 0.801. The van der Waals surface area contributed by atoms with Gasteiger partial charge in [0.1, 0.15) is 5.01 Å². The van der Waals surface area contributed by atoms with Crippen LogP contribution in [0.2, 0.25) is 0 Å². The van der Waals surface area contributed by atoms with Crippen molar-refractivity contribution in [1.29, 1.82) is 0 Å². The molecule has 25 heavy (non-hydrogen) atoms. The topological polar surface area (TPSA) is 19.4 Å². The Labute approximate surface area is 155 Å². The average molecular weight is 356 g/mol. The van der Waals surface area contributed by atoms with E-state index in [0.29, 0.717) is 5.41 Å². The van der Waals surface area contributed by atoms with E-state index in [1.807, 2.05) is 6.20 Å². The normalized spacial score (nSPS) is 25.0. The minimum absolute atomic E-state index is 0.513. The molecule has 2 fully saturated rings. The third-order valence-electron chi connectivity index (χ3n) is 5.94. The van der Waals surface area contributed by atoms with Crippen molar-refractivity contribution in [1.82, 2.24) is 14.8 Å². The second kappa shape index (κ2) is 7.56. The van der Waals surface area contributed by atoms with E-state index in [1.54, 1.807) is 11.3 Å². The smallest absolute Gasteiger partial charge is 0.107 e. The van der Waals surface area contributed by atoms with Crippen LogP contribution in [0.3, 0.4) is 0 Å². The largest absolute Gasteiger partial charge is 0.298 e. The van der Waals surface area contributed by atoms with Crippen LogP contribution in [-0.4, -0.2) is 41.0 Å². The second-order valence-electron chi connectivity index (χ2n) is 7.87. The zero-order valence-electron chi connectivity index (χ0n) is 15.3. The molecule has 4 rings (SSSR count). The van der Waals surface area contributed by atoms with Gasteiger partial charge in [-0.2, -0.15) is 0 Å². The number of thiazole rings is 1. The molecule has 2 saturated heterocycles. The SMILES string of the molecule is CCc1ccc(CN2CCC3(CCCN(Cc4nccs4)C3)C2)cc1. The lowest BCUT2D eigenvalue weighted by molar-refractivity contribution is 0.0865. The van der Waals surface area contributed by atoms with Crippen molar-refractivity contribution in [2.45, 2.75) is 45.7 Å². The number of aryl methyl sites for hydroxylation is 1. The summed E-state index contributed by atoms with van der Waals surface area (Å²) in [4.78, 5) is 9.79. The molecule has 1 aromatic carbocycles. The monoisotopic (exact) mass is 355 g/mol. The lowest BCUT2D eigenvalue weighted by Gasteiger charge is -2.40. The van der Waals surface area contributed by atoms with Crippen LogP contribution in [0.4, 0.5) is 0 Å². The highest BCUT2D eigenvalue weighted by molar-refractivity contribution is 7.09. The first kappa shape index (κ1) is 17.2. The molecule has 1 atom stereocenters. The fourth-order valence-electron chi connectivity index (χ4n) is 4.60. The number of benzene rings is 1. The van der Waals surface area contributed by atoms with Crippen LogP contribution in [0, 0.1) is 5.41 Å². The zero-order chi connectivity index (χ0) is 17.1. The van der Waals surface area contributed by atoms with Crippen LogP contribution < -0.4 is 0 Å². The van der Waals surface area contributed by atoms with Crippen LogP contribution in [-0.2, 0) is 19.5 Å². The van der Waals surface area contributed by atoms with E-state index in [9.17, 15) is 0 Å². The highest BCUT2D eigenvalue weighted by Gasteiger charge is 2.41. The molecule has 0 amide bonds. The number of hydrogen-bond donors (Lipinski definition) is 0. The van der Waals surface area contributed by atoms with Gasteiger partial charge in [0.15, 0.2) is 0 Å². The molecular formula is C21H29N3S. The molecule has 134 valence electrons. The number of nitrogens with zero attached hydrogens (tertiary/aromatic N) is 3. The van der Waals surface area contributed by atoms with Crippen LogP contribution in [0.1, 0.15) is 42.3 Å². The fourth-order valence-corrected chi connectivity index (χ4v) is 5.26. The standard InChI is InChI=1S/C21H29N3S/c1-2-18-4-6-19(7-5-18)14-24-12-9-21(17-24)8-3-11-23(16-21)15-20-22-10-13-25-20/h4-7,10,13H,2-3,8-9,11-12,14-17H2,1H3. The molecule has 2 aromatic rings. The lowest BCUT2D eigenvalue weighted by Crippen LogP contribution is -2.44. The molecule has 2 aliphatic rings. The number of piperidine rings is 1. The Morgan fingerprint density at radius 2 is 1.76 bits per heavy atom. The molecule has 0 aliphatic carbocycles. The van der Waals surface area contributed by atoms with Crippen molar-refractivity contribution in [3.8, 4) is 0 Å². The van der Waals surface area contributed by atoms with Gasteiger partial charge in [0.25, 0.3) is 0 Å². The number of aromatic nitrogens is 1. The highest BCUT2D eigenvalue weighted by atomic mass is 32.1. The van der Waals surface area contributed by atoms with E-state index in [4.69, 9.17) is 0 Å². The molecule has 2 aliphatic heterocycles. The molecule has 1 aromatic heterocycles. The van der Waals surface area contributed by atoms with Gasteiger partial charge >= 0.3 is 0 Å². The molecule has 0 radical (unpaired) electrons. The van der Waals surface area contributed by atoms with Crippen LogP contribution in [0.5, 0.6) is 0 Å². The van der Waals surface area contributed by atoms with Crippen molar-refractivity contribution in [3.05, 3.63) is 52.0 Å². The predicted octanol–water partition coefficient (Wildman–Crippen LogP) is 4.19. The summed E-state index contributed by atoms with van der Waals surface area (Å²) >= 11 is 1.79. The van der Waals surface area contributed by atoms with E-state index in [1.165, 1.54) is 61.6 Å². The molecule has 3 nitrogen and oxygen atoms in total. The molecule has 1 unspecified atom stereocenters.